The molecule has 4 heteroatoms. The first-order valence-electron chi connectivity index (χ1n) is 4.21. The van der Waals surface area contributed by atoms with E-state index in [1.807, 2.05) is 8.09 Å². The summed E-state index contributed by atoms with van der Waals surface area (Å²) in [7, 11) is 0. The number of hydrogen-bond acceptors (Lipinski definition) is 1. The van der Waals surface area contributed by atoms with Crippen molar-refractivity contribution in [3.05, 3.63) is 51.8 Å². The van der Waals surface area contributed by atoms with Crippen molar-refractivity contribution in [1.29, 1.82) is 0 Å². The number of rotatable bonds is 2. The van der Waals surface area contributed by atoms with Crippen molar-refractivity contribution in [2.45, 2.75) is 0 Å². The Hall–Kier alpha value is -1.04. The van der Waals surface area contributed by atoms with Crippen molar-refractivity contribution in [1.82, 2.24) is 0 Å². The van der Waals surface area contributed by atoms with Crippen LogP contribution in [0.3, 0.4) is 0 Å². The lowest BCUT2D eigenvalue weighted by molar-refractivity contribution is 0.383. The minimum Gasteiger partial charge on any atom is -0.451 e. The fourth-order valence-electron chi connectivity index (χ4n) is 1.06. The Balaban J connectivity index is 2.28. The topological polar surface area (TPSA) is 9.23 Å². The number of benzene rings is 1. The van der Waals surface area contributed by atoms with E-state index in [2.05, 4.69) is 0 Å². The smallest absolute Gasteiger partial charge is 0.198 e. The molecule has 1 aliphatic rings. The van der Waals surface area contributed by atoms with Gasteiger partial charge in [0.05, 0.1) is 0 Å². The van der Waals surface area contributed by atoms with Gasteiger partial charge in [0.25, 0.3) is 0 Å². The summed E-state index contributed by atoms with van der Waals surface area (Å²) in [5.74, 6) is -1.26. The van der Waals surface area contributed by atoms with Crippen LogP contribution in [0, 0.1) is 11.6 Å². The summed E-state index contributed by atoms with van der Waals surface area (Å²) < 4.78 is 35.4. The van der Waals surface area contributed by atoms with Gasteiger partial charge in [-0.15, -0.1) is 0 Å². The van der Waals surface area contributed by atoms with E-state index >= 15 is 0 Å². The molecule has 0 saturated carbocycles. The van der Waals surface area contributed by atoms with E-state index in [9.17, 15) is 8.78 Å². The Morgan fingerprint density at radius 2 is 1.87 bits per heavy atom. The van der Waals surface area contributed by atoms with E-state index in [0.717, 1.165) is 0 Å². The highest BCUT2D eigenvalue weighted by atomic mass is 127. The van der Waals surface area contributed by atoms with Gasteiger partial charge in [0.1, 0.15) is 5.76 Å². The van der Waals surface area contributed by atoms with E-state index < -0.39 is 11.6 Å². The summed E-state index contributed by atoms with van der Waals surface area (Å²) >= 11 is -0.0539. The van der Waals surface area contributed by atoms with Gasteiger partial charge in [0.2, 0.25) is 0 Å². The van der Waals surface area contributed by atoms with Gasteiger partial charge in [-0.25, -0.2) is 8.78 Å². The second-order valence-electron chi connectivity index (χ2n) is 2.77. The largest absolute Gasteiger partial charge is 0.451 e. The van der Waals surface area contributed by atoms with E-state index in [1.54, 1.807) is 12.2 Å². The zero-order valence-corrected chi connectivity index (χ0v) is 9.74. The van der Waals surface area contributed by atoms with Crippen LogP contribution in [0.1, 0.15) is 0 Å². The Labute approximate surface area is 95.8 Å². The number of ether oxygens (including phenoxy) is 1. The molecule has 0 radical (unpaired) electrons. The SMILES string of the molecule is Fc1cccc(F)c1OC1=CC=IC=C1. The maximum Gasteiger partial charge on any atom is 0.198 e. The van der Waals surface area contributed by atoms with Crippen molar-refractivity contribution in [3.8, 4) is 5.75 Å². The van der Waals surface area contributed by atoms with Gasteiger partial charge in [0.15, 0.2) is 17.4 Å². The molecule has 1 aliphatic heterocycles. The van der Waals surface area contributed by atoms with Gasteiger partial charge in [-0.1, -0.05) is 26.8 Å². The zero-order valence-electron chi connectivity index (χ0n) is 7.58. The molecular weight excluding hydrogens is 313 g/mol. The van der Waals surface area contributed by atoms with Gasteiger partial charge in [-0.2, -0.15) is 0 Å². The third-order valence-electron chi connectivity index (χ3n) is 1.74. The molecule has 0 saturated heterocycles. The molecule has 78 valence electrons. The van der Waals surface area contributed by atoms with E-state index in [1.165, 1.54) is 18.2 Å². The van der Waals surface area contributed by atoms with Crippen molar-refractivity contribution in [3.63, 3.8) is 0 Å². The van der Waals surface area contributed by atoms with Gasteiger partial charge in [0, 0.05) is 0 Å². The Morgan fingerprint density at radius 3 is 2.47 bits per heavy atom. The van der Waals surface area contributed by atoms with Crippen LogP contribution < -0.4 is 4.74 Å². The zero-order chi connectivity index (χ0) is 10.7. The molecule has 1 heterocycles. The third-order valence-corrected chi connectivity index (χ3v) is 3.29. The van der Waals surface area contributed by atoms with Crippen LogP contribution in [0.2, 0.25) is 0 Å². The molecule has 0 amide bonds. The molecule has 0 atom stereocenters. The molecule has 1 aromatic rings. The molecule has 2 rings (SSSR count). The lowest BCUT2D eigenvalue weighted by Gasteiger charge is -2.08. The highest BCUT2D eigenvalue weighted by Gasteiger charge is 2.10. The fraction of sp³-hybridized carbons (Fsp3) is 0. The van der Waals surface area contributed by atoms with E-state index in [4.69, 9.17) is 4.74 Å². The monoisotopic (exact) mass is 320 g/mol. The summed E-state index contributed by atoms with van der Waals surface area (Å²) in [5.41, 5.74) is 0. The van der Waals surface area contributed by atoms with E-state index in [-0.39, 0.29) is 26.5 Å². The van der Waals surface area contributed by atoms with Crippen LogP contribution >= 0.6 is 20.7 Å². The minimum absolute atomic E-state index is 0.0539. The number of para-hydroxylation sites is 1. The van der Waals surface area contributed by atoms with Crippen LogP contribution in [0.4, 0.5) is 8.78 Å². The van der Waals surface area contributed by atoms with Crippen molar-refractivity contribution < 1.29 is 13.5 Å². The number of allylic oxidation sites excluding steroid dienone is 2. The third kappa shape index (κ3) is 2.50. The molecule has 1 aromatic carbocycles. The van der Waals surface area contributed by atoms with Gasteiger partial charge >= 0.3 is 0 Å². The highest BCUT2D eigenvalue weighted by Crippen LogP contribution is 2.24. The quantitative estimate of drug-likeness (QED) is 0.758. The molecule has 0 spiro atoms. The lowest BCUT2D eigenvalue weighted by atomic mass is 10.3. The molecular formula is C11H7F2IO. The van der Waals surface area contributed by atoms with Crippen LogP contribution in [-0.4, -0.2) is 4.01 Å². The Kier molecular flexibility index (Phi) is 3.25. The van der Waals surface area contributed by atoms with Crippen LogP contribution in [0.25, 0.3) is 0 Å². The summed E-state index contributed by atoms with van der Waals surface area (Å²) in [5, 5.41) is 0. The molecule has 0 aromatic heterocycles. The molecule has 0 aliphatic carbocycles. The maximum atomic E-state index is 13.2. The first kappa shape index (κ1) is 10.5. The second kappa shape index (κ2) is 4.65. The molecule has 0 unspecified atom stereocenters. The first-order valence-corrected chi connectivity index (χ1v) is 6.70. The molecule has 0 fully saturated rings. The average Bonchev–Trinajstić information content (AvgIpc) is 2.25. The minimum atomic E-state index is -0.690. The number of hydrogen-bond donors (Lipinski definition) is 0. The molecule has 15 heavy (non-hydrogen) atoms. The number of halogens is 3. The Bertz CT molecular complexity index is 443. The van der Waals surface area contributed by atoms with Crippen molar-refractivity contribution >= 4 is 24.7 Å². The van der Waals surface area contributed by atoms with Crippen molar-refractivity contribution in [2.24, 2.45) is 0 Å². The van der Waals surface area contributed by atoms with Crippen molar-refractivity contribution in [2.75, 3.05) is 0 Å². The normalized spacial score (nSPS) is 14.4. The van der Waals surface area contributed by atoms with Crippen LogP contribution in [-0.2, 0) is 0 Å². The summed E-state index contributed by atoms with van der Waals surface area (Å²) in [6.45, 7) is 0. The van der Waals surface area contributed by atoms with Gasteiger partial charge in [-0.3, -0.25) is 0 Å². The van der Waals surface area contributed by atoms with Crippen LogP contribution in [0.5, 0.6) is 5.75 Å². The van der Waals surface area contributed by atoms with Crippen LogP contribution in [0.15, 0.2) is 40.2 Å². The maximum absolute atomic E-state index is 13.2. The fourth-order valence-corrected chi connectivity index (χ4v) is 2.42. The summed E-state index contributed by atoms with van der Waals surface area (Å²) in [4.78, 5) is 0. The van der Waals surface area contributed by atoms with Gasteiger partial charge in [-0.05, 0) is 32.4 Å². The second-order valence-corrected chi connectivity index (χ2v) is 4.92. The Morgan fingerprint density at radius 1 is 1.13 bits per heavy atom. The standard InChI is InChI=1S/C11H7F2IO/c12-9-2-1-3-10(13)11(9)15-8-4-6-14-7-5-8/h1-7H. The molecule has 1 nitrogen and oxygen atoms in total. The predicted octanol–water partition coefficient (Wildman–Crippen LogP) is 3.53. The summed E-state index contributed by atoms with van der Waals surface area (Å²) in [6.07, 6.45) is 3.47. The summed E-state index contributed by atoms with van der Waals surface area (Å²) in [6, 6.07) is 3.64. The van der Waals surface area contributed by atoms with E-state index in [0.29, 0.717) is 5.76 Å². The first-order chi connectivity index (χ1) is 7.27. The molecule has 0 bridgehead atoms. The average molecular weight is 320 g/mol. The molecule has 0 N–H and O–H groups in total. The highest BCUT2D eigenvalue weighted by molar-refractivity contribution is 14.2. The predicted molar refractivity (Wildman–Crippen MR) is 64.3 cm³/mol. The van der Waals surface area contributed by atoms with Gasteiger partial charge < -0.3 is 4.74 Å². The lowest BCUT2D eigenvalue weighted by Crippen LogP contribution is -1.98.